The summed E-state index contributed by atoms with van der Waals surface area (Å²) >= 11 is 0. The molecule has 3 saturated carbocycles. The zero-order chi connectivity index (χ0) is 18.2. The molecule has 0 amide bonds. The van der Waals surface area contributed by atoms with Gasteiger partial charge in [0.15, 0.2) is 5.79 Å². The zero-order valence-corrected chi connectivity index (χ0v) is 16.8. The molecule has 1 saturated heterocycles. The van der Waals surface area contributed by atoms with Gasteiger partial charge in [0.1, 0.15) is 0 Å². The Morgan fingerprint density at radius 1 is 1.04 bits per heavy atom. The number of aliphatic hydroxyl groups excluding tert-OH is 1. The summed E-state index contributed by atoms with van der Waals surface area (Å²) in [4.78, 5) is 0. The highest BCUT2D eigenvalue weighted by molar-refractivity contribution is 5.26. The van der Waals surface area contributed by atoms with E-state index in [1.807, 2.05) is 6.92 Å². The van der Waals surface area contributed by atoms with Crippen LogP contribution in [0.4, 0.5) is 0 Å². The Hall–Kier alpha value is -0.380. The van der Waals surface area contributed by atoms with E-state index in [1.54, 1.807) is 5.57 Å². The Labute approximate surface area is 158 Å². The molecule has 0 aromatic carbocycles. The largest absolute Gasteiger partial charge is 0.393 e. The Kier molecular flexibility index (Phi) is 3.96. The normalized spacial score (nSPS) is 50.7. The van der Waals surface area contributed by atoms with E-state index in [4.69, 9.17) is 9.47 Å². The lowest BCUT2D eigenvalue weighted by molar-refractivity contribution is -0.185. The van der Waals surface area contributed by atoms with E-state index >= 15 is 0 Å². The molecular weight excluding hydrogens is 324 g/mol. The third kappa shape index (κ3) is 2.29. The molecule has 1 spiro atoms. The second-order valence-corrected chi connectivity index (χ2v) is 10.5. The van der Waals surface area contributed by atoms with Gasteiger partial charge in [0.05, 0.1) is 19.3 Å². The van der Waals surface area contributed by atoms with Crippen LogP contribution >= 0.6 is 0 Å². The molecule has 7 atom stereocenters. The van der Waals surface area contributed by atoms with Gasteiger partial charge in [0.2, 0.25) is 0 Å². The molecule has 4 unspecified atom stereocenters. The Morgan fingerprint density at radius 2 is 1.81 bits per heavy atom. The van der Waals surface area contributed by atoms with Crippen molar-refractivity contribution in [2.24, 2.45) is 34.5 Å². The quantitative estimate of drug-likeness (QED) is 0.690. The van der Waals surface area contributed by atoms with Crippen molar-refractivity contribution < 1.29 is 14.6 Å². The van der Waals surface area contributed by atoms with Crippen molar-refractivity contribution in [3.05, 3.63) is 11.6 Å². The van der Waals surface area contributed by atoms with Gasteiger partial charge in [-0.1, -0.05) is 25.5 Å². The number of rotatable bonds is 1. The lowest BCUT2D eigenvalue weighted by atomic mass is 9.47. The number of hydrogen-bond acceptors (Lipinski definition) is 3. The van der Waals surface area contributed by atoms with Gasteiger partial charge >= 0.3 is 0 Å². The highest BCUT2D eigenvalue weighted by Gasteiger charge is 2.60. The van der Waals surface area contributed by atoms with Gasteiger partial charge in [-0.15, -0.1) is 0 Å². The van der Waals surface area contributed by atoms with Crippen LogP contribution in [0.1, 0.15) is 72.1 Å². The van der Waals surface area contributed by atoms with Crippen molar-refractivity contribution in [1.82, 2.24) is 0 Å². The van der Waals surface area contributed by atoms with Crippen molar-refractivity contribution in [2.75, 3.05) is 13.2 Å². The number of aliphatic hydroxyl groups is 1. The van der Waals surface area contributed by atoms with Crippen LogP contribution in [-0.4, -0.2) is 30.2 Å². The van der Waals surface area contributed by atoms with E-state index in [9.17, 15) is 5.11 Å². The summed E-state index contributed by atoms with van der Waals surface area (Å²) in [6.07, 6.45) is 12.1. The van der Waals surface area contributed by atoms with Gasteiger partial charge in [-0.2, -0.15) is 0 Å². The number of ether oxygens (including phenoxy) is 2. The topological polar surface area (TPSA) is 38.7 Å². The van der Waals surface area contributed by atoms with Gasteiger partial charge < -0.3 is 14.6 Å². The average molecular weight is 361 g/mol. The molecule has 0 radical (unpaired) electrons. The second kappa shape index (κ2) is 5.81. The van der Waals surface area contributed by atoms with E-state index in [2.05, 4.69) is 19.9 Å². The number of allylic oxidation sites excluding steroid dienone is 1. The molecule has 1 N–H and O–H groups in total. The molecule has 146 valence electrons. The van der Waals surface area contributed by atoms with Gasteiger partial charge in [0, 0.05) is 12.8 Å². The van der Waals surface area contributed by atoms with Crippen LogP contribution in [0, 0.1) is 34.5 Å². The first-order valence-corrected chi connectivity index (χ1v) is 11.0. The number of hydrogen-bond donors (Lipinski definition) is 1. The predicted octanol–water partition coefficient (Wildman–Crippen LogP) is 4.69. The van der Waals surface area contributed by atoms with Crippen LogP contribution < -0.4 is 0 Å². The first-order chi connectivity index (χ1) is 12.4. The molecular formula is C23H36O3. The summed E-state index contributed by atoms with van der Waals surface area (Å²) in [7, 11) is 0. The Bertz CT molecular complexity index is 605. The maximum atomic E-state index is 10.4. The highest BCUT2D eigenvalue weighted by atomic mass is 16.7. The van der Waals surface area contributed by atoms with Crippen molar-refractivity contribution in [1.29, 1.82) is 0 Å². The van der Waals surface area contributed by atoms with Gasteiger partial charge in [-0.05, 0) is 80.0 Å². The maximum absolute atomic E-state index is 10.4. The molecule has 5 rings (SSSR count). The fourth-order valence-electron chi connectivity index (χ4n) is 8.18. The van der Waals surface area contributed by atoms with E-state index in [0.717, 1.165) is 43.8 Å². The zero-order valence-electron chi connectivity index (χ0n) is 16.8. The van der Waals surface area contributed by atoms with Gasteiger partial charge in [-0.3, -0.25) is 0 Å². The maximum Gasteiger partial charge on any atom is 0.172 e. The molecule has 3 heteroatoms. The standard InChI is InChI=1S/C23H36O3/c1-15(24)18-6-7-19-17-5-4-16-14-23(25-12-13-26-23)11-10-21(16,2)20(17)8-9-22(18,19)3/h4,15,17-20,24H,5-14H2,1-3H3/t15?,17?,18-,19?,20?,21+,22-/m1/s1. The highest BCUT2D eigenvalue weighted by Crippen LogP contribution is 2.67. The third-order valence-corrected chi connectivity index (χ3v) is 9.58. The fourth-order valence-corrected chi connectivity index (χ4v) is 8.18. The summed E-state index contributed by atoms with van der Waals surface area (Å²) in [5, 5.41) is 10.4. The average Bonchev–Trinajstić information content (AvgIpc) is 3.20. The minimum Gasteiger partial charge on any atom is -0.393 e. The van der Waals surface area contributed by atoms with E-state index in [0.29, 0.717) is 16.7 Å². The minimum absolute atomic E-state index is 0.155. The van der Waals surface area contributed by atoms with E-state index < -0.39 is 0 Å². The summed E-state index contributed by atoms with van der Waals surface area (Å²) in [5.41, 5.74) is 2.32. The molecule has 5 aliphatic rings. The molecule has 1 heterocycles. The Morgan fingerprint density at radius 3 is 2.54 bits per heavy atom. The van der Waals surface area contributed by atoms with Crippen LogP contribution in [0.2, 0.25) is 0 Å². The summed E-state index contributed by atoms with van der Waals surface area (Å²) < 4.78 is 12.1. The van der Waals surface area contributed by atoms with Crippen molar-refractivity contribution in [3.8, 4) is 0 Å². The molecule has 4 aliphatic carbocycles. The summed E-state index contributed by atoms with van der Waals surface area (Å²) in [6, 6.07) is 0. The van der Waals surface area contributed by atoms with E-state index in [1.165, 1.54) is 38.5 Å². The molecule has 0 aromatic heterocycles. The molecule has 1 aliphatic heterocycles. The van der Waals surface area contributed by atoms with Gasteiger partial charge in [0.25, 0.3) is 0 Å². The smallest absolute Gasteiger partial charge is 0.172 e. The lowest BCUT2D eigenvalue weighted by Crippen LogP contribution is -2.52. The van der Waals surface area contributed by atoms with Crippen LogP contribution in [0.5, 0.6) is 0 Å². The van der Waals surface area contributed by atoms with Crippen LogP contribution in [0.15, 0.2) is 11.6 Å². The molecule has 0 aromatic rings. The van der Waals surface area contributed by atoms with Crippen molar-refractivity contribution in [2.45, 2.75) is 84.0 Å². The molecule has 0 bridgehead atoms. The monoisotopic (exact) mass is 360 g/mol. The molecule has 4 fully saturated rings. The predicted molar refractivity (Wildman–Crippen MR) is 102 cm³/mol. The molecule has 26 heavy (non-hydrogen) atoms. The van der Waals surface area contributed by atoms with Crippen LogP contribution in [-0.2, 0) is 9.47 Å². The SMILES string of the molecule is CC(O)[C@H]1CCC2C3CC=C4CC5(CC[C@]4(C)C3CC[C@@]21C)OCCO5. The molecule has 3 nitrogen and oxygen atoms in total. The van der Waals surface area contributed by atoms with Crippen molar-refractivity contribution in [3.63, 3.8) is 0 Å². The van der Waals surface area contributed by atoms with Crippen molar-refractivity contribution >= 4 is 0 Å². The van der Waals surface area contributed by atoms with E-state index in [-0.39, 0.29) is 11.9 Å². The summed E-state index contributed by atoms with van der Waals surface area (Å²) in [6.45, 7) is 8.58. The second-order valence-electron chi connectivity index (χ2n) is 10.5. The first kappa shape index (κ1) is 17.7. The number of fused-ring (bicyclic) bond motifs is 5. The Balaban J connectivity index is 1.44. The van der Waals surface area contributed by atoms with Gasteiger partial charge in [-0.25, -0.2) is 0 Å². The van der Waals surface area contributed by atoms with Crippen LogP contribution in [0.3, 0.4) is 0 Å². The third-order valence-electron chi connectivity index (χ3n) is 9.58. The minimum atomic E-state index is -0.299. The summed E-state index contributed by atoms with van der Waals surface area (Å²) in [5.74, 6) is 2.62. The fraction of sp³-hybridized carbons (Fsp3) is 0.913. The van der Waals surface area contributed by atoms with Crippen LogP contribution in [0.25, 0.3) is 0 Å². The first-order valence-electron chi connectivity index (χ1n) is 11.0. The lowest BCUT2D eigenvalue weighted by Gasteiger charge is -2.59.